The van der Waals surface area contributed by atoms with Crippen LogP contribution in [0, 0.1) is 0 Å². The molecule has 2 aliphatic heterocycles. The van der Waals surface area contributed by atoms with Crippen molar-refractivity contribution in [3.63, 3.8) is 0 Å². The van der Waals surface area contributed by atoms with Crippen molar-refractivity contribution in [3.05, 3.63) is 59.2 Å². The zero-order chi connectivity index (χ0) is 25.9. The lowest BCUT2D eigenvalue weighted by Crippen LogP contribution is -2.60. The number of carbonyl (C=O) groups is 1. The molecule has 6 nitrogen and oxygen atoms in total. The number of halogens is 3. The quantitative estimate of drug-likeness (QED) is 0.606. The minimum absolute atomic E-state index is 0.0905. The van der Waals surface area contributed by atoms with Gasteiger partial charge in [-0.05, 0) is 49.1 Å². The summed E-state index contributed by atoms with van der Waals surface area (Å²) in [5.41, 5.74) is 1.41. The van der Waals surface area contributed by atoms with E-state index in [2.05, 4.69) is 10.2 Å². The van der Waals surface area contributed by atoms with Crippen molar-refractivity contribution >= 4 is 6.03 Å². The third-order valence-corrected chi connectivity index (χ3v) is 6.30. The molecule has 0 unspecified atom stereocenters. The van der Waals surface area contributed by atoms with Gasteiger partial charge in [0.05, 0.1) is 44.6 Å². The van der Waals surface area contributed by atoms with Gasteiger partial charge in [-0.1, -0.05) is 36.4 Å². The van der Waals surface area contributed by atoms with Crippen LogP contribution < -0.4 is 5.32 Å². The fraction of sp³-hybridized carbons (Fsp3) is 0.519. The average molecular weight is 506 g/mol. The van der Waals surface area contributed by atoms with Gasteiger partial charge in [-0.25, -0.2) is 4.79 Å². The van der Waals surface area contributed by atoms with E-state index in [4.69, 9.17) is 9.47 Å². The number of benzene rings is 2. The molecule has 0 saturated carbocycles. The predicted molar refractivity (Wildman–Crippen MR) is 131 cm³/mol. The second-order valence-corrected chi connectivity index (χ2v) is 10.5. The molecule has 2 saturated heterocycles. The average Bonchev–Trinajstić information content (AvgIpc) is 2.77. The van der Waals surface area contributed by atoms with Gasteiger partial charge in [0.25, 0.3) is 0 Å². The Bertz CT molecular complexity index is 1040. The van der Waals surface area contributed by atoms with Crippen molar-refractivity contribution in [3.8, 4) is 11.1 Å². The fourth-order valence-corrected chi connectivity index (χ4v) is 4.28. The minimum atomic E-state index is -4.50. The first-order valence-electron chi connectivity index (χ1n) is 12.3. The van der Waals surface area contributed by atoms with Crippen LogP contribution in [-0.2, 0) is 28.8 Å². The Morgan fingerprint density at radius 1 is 1.03 bits per heavy atom. The van der Waals surface area contributed by atoms with Crippen LogP contribution in [0.3, 0.4) is 0 Å². The standard InChI is InChI=1S/C27H34F3N3O3/c1-26(2,3)31-25(34)33-16-23(17-33)36-18-22-9-8-21(14-24(22)27(28,29)30)20-6-4-19(5-7-20)15-32-10-12-35-13-11-32/h4-9,14,23H,10-13,15-18H2,1-3H3,(H,31,34). The molecule has 1 N–H and O–H groups in total. The van der Waals surface area contributed by atoms with Crippen molar-refractivity contribution in [2.24, 2.45) is 0 Å². The Morgan fingerprint density at radius 3 is 2.28 bits per heavy atom. The van der Waals surface area contributed by atoms with Gasteiger partial charge in [0.2, 0.25) is 0 Å². The number of rotatable bonds is 6. The number of nitrogens with zero attached hydrogens (tertiary/aromatic N) is 2. The second kappa shape index (κ2) is 10.8. The van der Waals surface area contributed by atoms with Crippen molar-refractivity contribution in [2.45, 2.75) is 51.7 Å². The van der Waals surface area contributed by atoms with Gasteiger partial charge in [0.15, 0.2) is 0 Å². The summed E-state index contributed by atoms with van der Waals surface area (Å²) in [6.45, 7) is 10.2. The van der Waals surface area contributed by atoms with Crippen LogP contribution in [0.5, 0.6) is 0 Å². The molecule has 0 bridgehead atoms. The molecule has 0 aromatic heterocycles. The Balaban J connectivity index is 1.37. The molecule has 4 rings (SSSR count). The Labute approximate surface area is 210 Å². The maximum atomic E-state index is 13.9. The van der Waals surface area contributed by atoms with E-state index in [1.165, 1.54) is 12.1 Å². The molecule has 2 aromatic carbocycles. The van der Waals surface area contributed by atoms with Crippen LogP contribution in [0.4, 0.5) is 18.0 Å². The summed E-state index contributed by atoms with van der Waals surface area (Å²) in [5, 5.41) is 2.87. The van der Waals surface area contributed by atoms with Crippen LogP contribution in [-0.4, -0.2) is 66.9 Å². The van der Waals surface area contributed by atoms with Gasteiger partial charge in [-0.3, -0.25) is 4.90 Å². The molecular formula is C27H34F3N3O3. The number of alkyl halides is 3. The summed E-state index contributed by atoms with van der Waals surface area (Å²) in [6.07, 6.45) is -4.78. The van der Waals surface area contributed by atoms with Gasteiger partial charge >= 0.3 is 12.2 Å². The monoisotopic (exact) mass is 505 g/mol. The summed E-state index contributed by atoms with van der Waals surface area (Å²) >= 11 is 0. The second-order valence-electron chi connectivity index (χ2n) is 10.5. The first-order chi connectivity index (χ1) is 17.0. The zero-order valence-corrected chi connectivity index (χ0v) is 21.0. The summed E-state index contributed by atoms with van der Waals surface area (Å²) in [5.74, 6) is 0. The van der Waals surface area contributed by atoms with Gasteiger partial charge in [0.1, 0.15) is 0 Å². The SMILES string of the molecule is CC(C)(C)NC(=O)N1CC(OCc2ccc(-c3ccc(CN4CCOCC4)cc3)cc2C(F)(F)F)C1. The maximum absolute atomic E-state index is 13.9. The summed E-state index contributed by atoms with van der Waals surface area (Å²) < 4.78 is 52.7. The third-order valence-electron chi connectivity index (χ3n) is 6.30. The van der Waals surface area contributed by atoms with Crippen molar-refractivity contribution < 1.29 is 27.4 Å². The van der Waals surface area contributed by atoms with E-state index in [0.29, 0.717) is 18.7 Å². The summed E-state index contributed by atoms with van der Waals surface area (Å²) in [7, 11) is 0. The number of hydrogen-bond acceptors (Lipinski definition) is 4. The van der Waals surface area contributed by atoms with E-state index in [1.807, 2.05) is 45.0 Å². The molecule has 2 aromatic rings. The topological polar surface area (TPSA) is 54.0 Å². The van der Waals surface area contributed by atoms with Gasteiger partial charge in [-0.15, -0.1) is 0 Å². The van der Waals surface area contributed by atoms with Crippen LogP contribution in [0.15, 0.2) is 42.5 Å². The molecule has 2 aliphatic rings. The fourth-order valence-electron chi connectivity index (χ4n) is 4.28. The molecule has 0 spiro atoms. The molecule has 2 fully saturated rings. The first kappa shape index (κ1) is 26.4. The van der Waals surface area contributed by atoms with Crippen molar-refractivity contribution in [1.82, 2.24) is 15.1 Å². The minimum Gasteiger partial charge on any atom is -0.379 e. The first-order valence-corrected chi connectivity index (χ1v) is 12.3. The van der Waals surface area contributed by atoms with Gasteiger partial charge in [-0.2, -0.15) is 13.2 Å². The number of morpholine rings is 1. The molecule has 196 valence electrons. The lowest BCUT2D eigenvalue weighted by molar-refractivity contribution is -0.139. The Kier molecular flexibility index (Phi) is 7.92. The number of amides is 2. The normalized spacial score (nSPS) is 17.7. The van der Waals surface area contributed by atoms with Crippen LogP contribution in [0.2, 0.25) is 0 Å². The maximum Gasteiger partial charge on any atom is 0.416 e. The predicted octanol–water partition coefficient (Wildman–Crippen LogP) is 4.91. The lowest BCUT2D eigenvalue weighted by atomic mass is 9.98. The molecule has 9 heteroatoms. The third kappa shape index (κ3) is 6.99. The molecule has 0 aliphatic carbocycles. The van der Waals surface area contributed by atoms with E-state index in [0.717, 1.165) is 44.0 Å². The number of carbonyl (C=O) groups excluding carboxylic acids is 1. The highest BCUT2D eigenvalue weighted by molar-refractivity contribution is 5.75. The van der Waals surface area contributed by atoms with E-state index in [-0.39, 0.29) is 29.8 Å². The largest absolute Gasteiger partial charge is 0.416 e. The Morgan fingerprint density at radius 2 is 1.67 bits per heavy atom. The van der Waals surface area contributed by atoms with Crippen molar-refractivity contribution in [1.29, 1.82) is 0 Å². The highest BCUT2D eigenvalue weighted by atomic mass is 19.4. The van der Waals surface area contributed by atoms with Crippen LogP contribution in [0.25, 0.3) is 11.1 Å². The number of nitrogens with one attached hydrogen (secondary N) is 1. The van der Waals surface area contributed by atoms with Crippen LogP contribution >= 0.6 is 0 Å². The molecule has 2 amide bonds. The van der Waals surface area contributed by atoms with Crippen molar-refractivity contribution in [2.75, 3.05) is 39.4 Å². The van der Waals surface area contributed by atoms with Crippen LogP contribution in [0.1, 0.15) is 37.5 Å². The van der Waals surface area contributed by atoms with Gasteiger partial charge < -0.3 is 19.7 Å². The number of ether oxygens (including phenoxy) is 2. The molecule has 0 radical (unpaired) electrons. The smallest absolute Gasteiger partial charge is 0.379 e. The number of urea groups is 1. The molecular weight excluding hydrogens is 471 g/mol. The zero-order valence-electron chi connectivity index (χ0n) is 21.0. The molecule has 36 heavy (non-hydrogen) atoms. The van der Waals surface area contributed by atoms with E-state index >= 15 is 0 Å². The number of likely N-dealkylation sites (tertiary alicyclic amines) is 1. The highest BCUT2D eigenvalue weighted by Crippen LogP contribution is 2.36. The van der Waals surface area contributed by atoms with E-state index in [9.17, 15) is 18.0 Å². The van der Waals surface area contributed by atoms with Gasteiger partial charge in [0, 0.05) is 25.2 Å². The lowest BCUT2D eigenvalue weighted by Gasteiger charge is -2.40. The molecule has 2 heterocycles. The highest BCUT2D eigenvalue weighted by Gasteiger charge is 2.36. The summed E-state index contributed by atoms with van der Waals surface area (Å²) in [4.78, 5) is 16.0. The van der Waals surface area contributed by atoms with E-state index in [1.54, 1.807) is 11.0 Å². The Hall–Kier alpha value is -2.62. The van der Waals surface area contributed by atoms with E-state index < -0.39 is 11.7 Å². The summed E-state index contributed by atoms with van der Waals surface area (Å²) in [6, 6.07) is 11.9. The number of hydrogen-bond donors (Lipinski definition) is 1. The molecule has 0 atom stereocenters.